The minimum Gasteiger partial charge on any atom is -0.907 e. The third kappa shape index (κ3) is 15800. The van der Waals surface area contributed by atoms with Gasteiger partial charge in [0.15, 0.2) is 0 Å². The van der Waals surface area contributed by atoms with Gasteiger partial charge in [-0.25, -0.2) is 0 Å². The van der Waals surface area contributed by atoms with Crippen molar-refractivity contribution in [2.24, 2.45) is 0 Å². The molecule has 0 heterocycles. The van der Waals surface area contributed by atoms with Crippen LogP contribution in [0.2, 0.25) is 0 Å². The first-order valence-corrected chi connectivity index (χ1v) is 0.707. The predicted octanol–water partition coefficient (Wildman–Crippen LogP) is -37.7. The van der Waals surface area contributed by atoms with Crippen molar-refractivity contribution in [1.29, 1.82) is 0 Å². The van der Waals surface area contributed by atoms with Crippen molar-refractivity contribution in [2.75, 3.05) is 0 Å². The molecule has 0 amide bonds. The maximum Gasteiger partial charge on any atom is 1.00 e. The molecule has 0 aliphatic rings. The van der Waals surface area contributed by atoms with E-state index in [1.165, 1.54) is 0 Å². The molecule has 0 aliphatic carbocycles. The molecule has 0 atom stereocenters. The molecule has 33 nitrogen and oxygen atoms in total. The summed E-state index contributed by atoms with van der Waals surface area (Å²) in [5, 5.41) is 25.2. The number of hydrogen-bond donors (Lipinski definition) is 0. The summed E-state index contributed by atoms with van der Waals surface area (Å²) in [5.74, 6) is 0. The predicted molar refractivity (Wildman–Crippen MR) is 114 cm³/mol. The second-order valence-electron chi connectivity index (χ2n) is 0.289. The summed E-state index contributed by atoms with van der Waals surface area (Å²) < 4.78 is 0. The average molecular weight is 668 g/mol. The maximum absolute atomic E-state index is 8.42. The minimum atomic E-state index is -2.92. The van der Waals surface area contributed by atoms with Crippen LogP contribution in [0.1, 0.15) is 0 Å². The van der Waals surface area contributed by atoms with Crippen molar-refractivity contribution in [3.63, 3.8) is 0 Å². The molecule has 0 radical (unpaired) electrons. The molecule has 264 valence electrons. The summed E-state index contributed by atoms with van der Waals surface area (Å²) in [4.78, 5) is 0. The monoisotopic (exact) mass is 668 g/mol. The van der Waals surface area contributed by atoms with Gasteiger partial charge in [0, 0.05) is 0 Å². The summed E-state index contributed by atoms with van der Waals surface area (Å²) in [5.41, 5.74) is 0. The van der Waals surface area contributed by atoms with Gasteiger partial charge in [0.2, 0.25) is 0 Å². The van der Waals surface area contributed by atoms with Crippen LogP contribution >= 0.6 is 0 Å². The van der Waals surface area contributed by atoms with Gasteiger partial charge in [-0.15, -0.1) is 0 Å². The van der Waals surface area contributed by atoms with Gasteiger partial charge in [-0.2, -0.15) is 0 Å². The Morgan fingerprint density at radius 1 is 0.162 bits per heavy atom. The molecule has 37 heavy (non-hydrogen) atoms. The zero-order valence-corrected chi connectivity index (χ0v) is 25.8. The Bertz CT molecular complexity index is 26.3. The van der Waals surface area contributed by atoms with Gasteiger partial charge < -0.3 is 179 Å². The van der Waals surface area contributed by atoms with Crippen LogP contribution in [-0.4, -0.2) is 172 Å². The van der Waals surface area contributed by atoms with Gasteiger partial charge in [0.05, 0.1) is 0 Å². The molecule has 0 aromatic carbocycles. The van der Waals surface area contributed by atoms with E-state index in [2.05, 4.69) is 0 Å². The Morgan fingerprint density at radius 2 is 0.162 bits per heavy atom. The molecule has 0 aliphatic heterocycles. The first-order chi connectivity index (χ1) is 1.73. The van der Waals surface area contributed by atoms with Crippen LogP contribution in [-0.2, 0) is 0 Å². The van der Waals surface area contributed by atoms with Crippen molar-refractivity contribution < 1.29 is 268 Å². The van der Waals surface area contributed by atoms with Gasteiger partial charge >= 0.3 is 88.7 Å². The quantitative estimate of drug-likeness (QED) is 0.227. The van der Waals surface area contributed by atoms with E-state index in [0.29, 0.717) is 0 Å². The molecule has 0 saturated heterocycles. The third-order valence-corrected chi connectivity index (χ3v) is 0. The molecule has 0 spiro atoms. The molecule has 60 N–H and O–H groups in total. The third-order valence-electron chi connectivity index (χ3n) is 0. The van der Waals surface area contributed by atoms with E-state index in [-0.39, 0.29) is 253 Å². The van der Waals surface area contributed by atoms with Gasteiger partial charge in [-0.3, -0.25) is 7.32 Å². The number of hydrogen-bond acceptors (Lipinski definition) is 3. The van der Waals surface area contributed by atoms with E-state index < -0.39 is 7.32 Å². The smallest absolute Gasteiger partial charge is 0.907 e. The van der Waals surface area contributed by atoms with Gasteiger partial charge in [-0.1, -0.05) is 0 Å². The summed E-state index contributed by atoms with van der Waals surface area (Å²) in [6, 6.07) is 0. The summed E-state index contributed by atoms with van der Waals surface area (Å²) >= 11 is 0. The summed E-state index contributed by atoms with van der Waals surface area (Å²) in [7, 11) is -2.92. The zero-order chi connectivity index (χ0) is 3.58. The van der Waals surface area contributed by atoms with E-state index in [4.69, 9.17) is 15.1 Å². The van der Waals surface area contributed by atoms with E-state index in [1.807, 2.05) is 0 Å². The Balaban J connectivity index is -0.0000000000852. The Labute approximate surface area is 273 Å². The SMILES string of the molecule is O.O.O.O.O.O.O.O.O.O.O.O.O.O.O.O.O.O.O.O.O.O.O.O.O.O.O.O.O.O.[Na+].[Na+].[Na+].[O-]B([O-])[O-]. The molecule has 0 bridgehead atoms. The fraction of sp³-hybridized carbons (Fsp3) is 0. The van der Waals surface area contributed by atoms with E-state index in [0.717, 1.165) is 0 Å². The molecule has 0 rings (SSSR count). The van der Waals surface area contributed by atoms with Crippen LogP contribution in [0.4, 0.5) is 0 Å². The fourth-order valence-corrected chi connectivity index (χ4v) is 0. The topological polar surface area (TPSA) is 1010 Å². The molecular formula is H60BNa3O33. The van der Waals surface area contributed by atoms with Crippen molar-refractivity contribution in [1.82, 2.24) is 0 Å². The Hall–Kier alpha value is 1.74. The fourth-order valence-electron chi connectivity index (χ4n) is 0. The molecule has 0 aromatic heterocycles. The Kier molecular flexibility index (Phi) is 150000. The second-order valence-corrected chi connectivity index (χ2v) is 0.289. The summed E-state index contributed by atoms with van der Waals surface area (Å²) in [6.45, 7) is 0. The van der Waals surface area contributed by atoms with Crippen molar-refractivity contribution in [3.05, 3.63) is 0 Å². The van der Waals surface area contributed by atoms with Crippen molar-refractivity contribution >= 4 is 7.32 Å². The Morgan fingerprint density at radius 3 is 0.162 bits per heavy atom. The molecule has 0 fully saturated rings. The van der Waals surface area contributed by atoms with Crippen LogP contribution in [0.5, 0.6) is 0 Å². The van der Waals surface area contributed by atoms with Crippen molar-refractivity contribution in [3.8, 4) is 0 Å². The van der Waals surface area contributed by atoms with Crippen LogP contribution in [0.3, 0.4) is 0 Å². The molecule has 0 aromatic rings. The molecule has 0 unspecified atom stereocenters. The average Bonchev–Trinajstić information content (AvgIpc) is 0.811. The first kappa shape index (κ1) is 2450. The number of rotatable bonds is 0. The maximum atomic E-state index is 8.42. The van der Waals surface area contributed by atoms with E-state index >= 15 is 0 Å². The van der Waals surface area contributed by atoms with Crippen LogP contribution in [0, 0.1) is 0 Å². The first-order valence-electron chi connectivity index (χ1n) is 0.707. The van der Waals surface area contributed by atoms with Crippen LogP contribution in [0.15, 0.2) is 0 Å². The standard InChI is InChI=1S/BO3.3Na.30H2O/c2-1(3)4;;;;;;;;;;;;;;;;;;;;;;;;;;;;;;;;;/h;;;;30*1H2/q-3;3*+1;;;;;;;;;;;;;;;;;;;;;;;;;;;;;;. The zero-order valence-electron chi connectivity index (χ0n) is 19.8. The molecule has 0 saturated carbocycles. The normalized spacial score (nSPS) is 0.730. The molecular weight excluding hydrogens is 608 g/mol. The van der Waals surface area contributed by atoms with Crippen molar-refractivity contribution in [2.45, 2.75) is 0 Å². The van der Waals surface area contributed by atoms with Gasteiger partial charge in [0.1, 0.15) is 0 Å². The van der Waals surface area contributed by atoms with Crippen LogP contribution < -0.4 is 104 Å². The van der Waals surface area contributed by atoms with Gasteiger partial charge in [-0.05, 0) is 0 Å². The van der Waals surface area contributed by atoms with E-state index in [1.54, 1.807) is 0 Å². The van der Waals surface area contributed by atoms with E-state index in [9.17, 15) is 0 Å². The summed E-state index contributed by atoms with van der Waals surface area (Å²) in [6.07, 6.45) is 0. The molecule has 37 heteroatoms. The minimum absolute atomic E-state index is 0. The second kappa shape index (κ2) is 2260. The van der Waals surface area contributed by atoms with Crippen LogP contribution in [0.25, 0.3) is 0 Å². The van der Waals surface area contributed by atoms with Gasteiger partial charge in [0.25, 0.3) is 0 Å². The largest absolute Gasteiger partial charge is 1.00 e.